The van der Waals surface area contributed by atoms with Gasteiger partial charge in [0.2, 0.25) is 0 Å². The molecule has 0 bridgehead atoms. The molecule has 0 radical (unpaired) electrons. The van der Waals surface area contributed by atoms with Crippen molar-refractivity contribution >= 4 is 11.9 Å². The van der Waals surface area contributed by atoms with Crippen LogP contribution in [0.4, 0.5) is 0 Å². The highest BCUT2D eigenvalue weighted by molar-refractivity contribution is 5.98. The molecule has 5 heteroatoms. The second-order valence-electron chi connectivity index (χ2n) is 3.82. The summed E-state index contributed by atoms with van der Waals surface area (Å²) in [6, 6.07) is 4.42. The van der Waals surface area contributed by atoms with Crippen LogP contribution in [-0.2, 0) is 17.8 Å². The standard InChI is InChI=1S/C11H12N2O3/c12-9(11(15)16)4-6-1-2-7-5-13-10(14)8(7)3-6/h1-3,9H,4-5,12H2,(H,13,14)(H,15,16)/t9-/m0/s1. The predicted molar refractivity (Wildman–Crippen MR) is 56.9 cm³/mol. The zero-order valence-electron chi connectivity index (χ0n) is 8.56. The molecule has 0 unspecified atom stereocenters. The van der Waals surface area contributed by atoms with Gasteiger partial charge in [-0.25, -0.2) is 0 Å². The first kappa shape index (κ1) is 10.6. The van der Waals surface area contributed by atoms with E-state index in [1.54, 1.807) is 6.07 Å². The van der Waals surface area contributed by atoms with Crippen molar-refractivity contribution in [2.45, 2.75) is 19.0 Å². The minimum Gasteiger partial charge on any atom is -0.480 e. The highest BCUT2D eigenvalue weighted by Crippen LogP contribution is 2.17. The summed E-state index contributed by atoms with van der Waals surface area (Å²) in [6.45, 7) is 0.541. The molecule has 1 atom stereocenters. The Bertz CT molecular complexity index is 457. The van der Waals surface area contributed by atoms with Crippen LogP contribution < -0.4 is 11.1 Å². The Balaban J connectivity index is 2.21. The molecule has 1 heterocycles. The number of rotatable bonds is 3. The molecule has 2 rings (SSSR count). The molecule has 1 aromatic rings. The number of carboxylic acids is 1. The molecule has 0 spiro atoms. The molecular formula is C11H12N2O3. The van der Waals surface area contributed by atoms with Gasteiger partial charge in [0.25, 0.3) is 5.91 Å². The van der Waals surface area contributed by atoms with Crippen molar-refractivity contribution < 1.29 is 14.7 Å². The van der Waals surface area contributed by atoms with Gasteiger partial charge in [-0.2, -0.15) is 0 Å². The Morgan fingerprint density at radius 1 is 1.56 bits per heavy atom. The molecule has 1 amide bonds. The first-order valence-corrected chi connectivity index (χ1v) is 4.96. The number of carboxylic acid groups (broad SMARTS) is 1. The van der Waals surface area contributed by atoms with E-state index in [2.05, 4.69) is 5.32 Å². The van der Waals surface area contributed by atoms with Crippen LogP contribution in [0, 0.1) is 0 Å². The molecule has 84 valence electrons. The number of benzene rings is 1. The van der Waals surface area contributed by atoms with E-state index in [4.69, 9.17) is 10.8 Å². The number of carbonyl (C=O) groups is 2. The summed E-state index contributed by atoms with van der Waals surface area (Å²) < 4.78 is 0. The third-order valence-corrected chi connectivity index (χ3v) is 2.63. The Morgan fingerprint density at radius 2 is 2.31 bits per heavy atom. The fourth-order valence-corrected chi connectivity index (χ4v) is 1.73. The fourth-order valence-electron chi connectivity index (χ4n) is 1.73. The smallest absolute Gasteiger partial charge is 0.320 e. The zero-order chi connectivity index (χ0) is 11.7. The molecule has 0 fully saturated rings. The second kappa shape index (κ2) is 3.94. The van der Waals surface area contributed by atoms with E-state index < -0.39 is 12.0 Å². The Hall–Kier alpha value is -1.88. The van der Waals surface area contributed by atoms with Crippen molar-refractivity contribution in [3.63, 3.8) is 0 Å². The van der Waals surface area contributed by atoms with E-state index in [1.165, 1.54) is 0 Å². The lowest BCUT2D eigenvalue weighted by Gasteiger charge is -2.07. The maximum absolute atomic E-state index is 11.4. The number of nitrogens with one attached hydrogen (secondary N) is 1. The van der Waals surface area contributed by atoms with Gasteiger partial charge in [-0.15, -0.1) is 0 Å². The lowest BCUT2D eigenvalue weighted by Crippen LogP contribution is -2.32. The first-order valence-electron chi connectivity index (χ1n) is 4.96. The number of carbonyl (C=O) groups excluding carboxylic acids is 1. The zero-order valence-corrected chi connectivity index (χ0v) is 8.56. The summed E-state index contributed by atoms with van der Waals surface area (Å²) in [5, 5.41) is 11.4. The summed E-state index contributed by atoms with van der Waals surface area (Å²) in [5.41, 5.74) is 7.76. The monoisotopic (exact) mass is 220 g/mol. The fraction of sp³-hybridized carbons (Fsp3) is 0.273. The van der Waals surface area contributed by atoms with Gasteiger partial charge in [0.1, 0.15) is 6.04 Å². The van der Waals surface area contributed by atoms with Gasteiger partial charge in [0.15, 0.2) is 0 Å². The average molecular weight is 220 g/mol. The summed E-state index contributed by atoms with van der Waals surface area (Å²) in [5.74, 6) is -1.15. The lowest BCUT2D eigenvalue weighted by atomic mass is 10.0. The van der Waals surface area contributed by atoms with Crippen LogP contribution in [0.2, 0.25) is 0 Å². The van der Waals surface area contributed by atoms with Crippen molar-refractivity contribution in [2.24, 2.45) is 5.73 Å². The van der Waals surface area contributed by atoms with Gasteiger partial charge in [-0.3, -0.25) is 9.59 Å². The van der Waals surface area contributed by atoms with Gasteiger partial charge in [-0.1, -0.05) is 12.1 Å². The molecular weight excluding hydrogens is 208 g/mol. The van der Waals surface area contributed by atoms with Gasteiger partial charge < -0.3 is 16.2 Å². The van der Waals surface area contributed by atoms with Crippen molar-refractivity contribution in [3.05, 3.63) is 34.9 Å². The van der Waals surface area contributed by atoms with Crippen LogP contribution in [0.1, 0.15) is 21.5 Å². The van der Waals surface area contributed by atoms with Gasteiger partial charge in [-0.05, 0) is 23.6 Å². The van der Waals surface area contributed by atoms with Crippen molar-refractivity contribution in [2.75, 3.05) is 0 Å². The molecule has 0 saturated carbocycles. The highest BCUT2D eigenvalue weighted by Gasteiger charge is 2.20. The minimum absolute atomic E-state index is 0.110. The molecule has 1 aliphatic heterocycles. The van der Waals surface area contributed by atoms with Crippen LogP contribution in [-0.4, -0.2) is 23.0 Å². The lowest BCUT2D eigenvalue weighted by molar-refractivity contribution is -0.138. The number of hydrogen-bond donors (Lipinski definition) is 3. The van der Waals surface area contributed by atoms with Crippen molar-refractivity contribution in [1.29, 1.82) is 0 Å². The van der Waals surface area contributed by atoms with Crippen LogP contribution in [0.3, 0.4) is 0 Å². The second-order valence-corrected chi connectivity index (χ2v) is 3.82. The summed E-state index contributed by atoms with van der Waals surface area (Å²) >= 11 is 0. The van der Waals surface area contributed by atoms with Gasteiger partial charge in [0, 0.05) is 12.1 Å². The molecule has 0 aliphatic carbocycles. The quantitative estimate of drug-likeness (QED) is 0.662. The van der Waals surface area contributed by atoms with Crippen LogP contribution in [0.5, 0.6) is 0 Å². The number of hydrogen-bond acceptors (Lipinski definition) is 3. The highest BCUT2D eigenvalue weighted by atomic mass is 16.4. The molecule has 1 aliphatic rings. The third-order valence-electron chi connectivity index (χ3n) is 2.63. The molecule has 5 nitrogen and oxygen atoms in total. The van der Waals surface area contributed by atoms with Crippen LogP contribution in [0.25, 0.3) is 0 Å². The van der Waals surface area contributed by atoms with Crippen molar-refractivity contribution in [1.82, 2.24) is 5.32 Å². The van der Waals surface area contributed by atoms with E-state index in [1.807, 2.05) is 12.1 Å². The average Bonchev–Trinajstić information content (AvgIpc) is 2.60. The third kappa shape index (κ3) is 1.90. The first-order chi connectivity index (χ1) is 7.58. The largest absolute Gasteiger partial charge is 0.480 e. The van der Waals surface area contributed by atoms with E-state index in [9.17, 15) is 9.59 Å². The number of amides is 1. The summed E-state index contributed by atoms with van der Waals surface area (Å²) in [7, 11) is 0. The Labute approximate surface area is 92.3 Å². The van der Waals surface area contributed by atoms with Crippen molar-refractivity contribution in [3.8, 4) is 0 Å². The SMILES string of the molecule is N[C@@H](Cc1ccc2c(c1)C(=O)NC2)C(=O)O. The molecule has 16 heavy (non-hydrogen) atoms. The number of nitrogens with two attached hydrogens (primary N) is 1. The van der Waals surface area contributed by atoms with Gasteiger partial charge in [0.05, 0.1) is 0 Å². The maximum Gasteiger partial charge on any atom is 0.320 e. The normalized spacial score (nSPS) is 15.4. The topological polar surface area (TPSA) is 92.4 Å². The molecule has 0 aromatic heterocycles. The van der Waals surface area contributed by atoms with E-state index in [0.29, 0.717) is 12.1 Å². The Morgan fingerprint density at radius 3 is 3.00 bits per heavy atom. The minimum atomic E-state index is -1.04. The van der Waals surface area contributed by atoms with E-state index in [0.717, 1.165) is 11.1 Å². The van der Waals surface area contributed by atoms with Crippen LogP contribution in [0.15, 0.2) is 18.2 Å². The maximum atomic E-state index is 11.4. The molecule has 0 saturated heterocycles. The summed E-state index contributed by atoms with van der Waals surface area (Å²) in [4.78, 5) is 22.0. The number of aliphatic carboxylic acids is 1. The van der Waals surface area contributed by atoms with E-state index in [-0.39, 0.29) is 12.3 Å². The predicted octanol–water partition coefficient (Wildman–Crippen LogP) is -0.116. The van der Waals surface area contributed by atoms with Gasteiger partial charge >= 0.3 is 5.97 Å². The number of fused-ring (bicyclic) bond motifs is 1. The summed E-state index contributed by atoms with van der Waals surface area (Å²) in [6.07, 6.45) is 0.232. The molecule has 1 aromatic carbocycles. The molecule has 4 N–H and O–H groups in total. The van der Waals surface area contributed by atoms with E-state index >= 15 is 0 Å². The Kier molecular flexibility index (Phi) is 2.62. The van der Waals surface area contributed by atoms with Crippen LogP contribution >= 0.6 is 0 Å².